The van der Waals surface area contributed by atoms with Crippen molar-refractivity contribution in [3.8, 4) is 11.1 Å². The van der Waals surface area contributed by atoms with Crippen molar-refractivity contribution < 1.29 is 0 Å². The fourth-order valence-electron chi connectivity index (χ4n) is 2.78. The first-order valence-electron chi connectivity index (χ1n) is 6.92. The van der Waals surface area contributed by atoms with E-state index in [1.54, 1.807) is 0 Å². The highest BCUT2D eigenvalue weighted by molar-refractivity contribution is 5.81. The summed E-state index contributed by atoms with van der Waals surface area (Å²) in [6.07, 6.45) is 1.84. The van der Waals surface area contributed by atoms with Crippen LogP contribution in [0.1, 0.15) is 37.6 Å². The van der Waals surface area contributed by atoms with Crippen molar-refractivity contribution in [2.75, 3.05) is 11.5 Å². The Morgan fingerprint density at radius 3 is 2.50 bits per heavy atom. The topological polar surface area (TPSA) is 77.8 Å². The van der Waals surface area contributed by atoms with Crippen LogP contribution in [0.4, 0.5) is 11.8 Å². The van der Waals surface area contributed by atoms with Gasteiger partial charge in [0.25, 0.3) is 0 Å². The summed E-state index contributed by atoms with van der Waals surface area (Å²) in [5.41, 5.74) is 17.6. The van der Waals surface area contributed by atoms with Gasteiger partial charge in [-0.15, -0.1) is 0 Å². The molecule has 0 amide bonds. The minimum atomic E-state index is 0.151. The number of benzene rings is 1. The highest BCUT2D eigenvalue weighted by Gasteiger charge is 2.23. The summed E-state index contributed by atoms with van der Waals surface area (Å²) in [5.74, 6) is 0.743. The predicted octanol–water partition coefficient (Wildman–Crippen LogP) is 2.70. The Balaban J connectivity index is 2.19. The molecule has 4 nitrogen and oxygen atoms in total. The molecule has 4 N–H and O–H groups in total. The zero-order valence-corrected chi connectivity index (χ0v) is 12.2. The monoisotopic (exact) mass is 268 g/mol. The second-order valence-electron chi connectivity index (χ2n) is 6.41. The molecule has 0 aliphatic heterocycles. The quantitative estimate of drug-likeness (QED) is 0.770. The van der Waals surface area contributed by atoms with Gasteiger partial charge in [0, 0.05) is 5.56 Å². The van der Waals surface area contributed by atoms with Gasteiger partial charge < -0.3 is 11.5 Å². The molecule has 0 bridgehead atoms. The maximum absolute atomic E-state index is 6.05. The number of nitrogens with zero attached hydrogens (tertiary/aromatic N) is 2. The van der Waals surface area contributed by atoms with Gasteiger partial charge in [0.1, 0.15) is 5.82 Å². The van der Waals surface area contributed by atoms with Crippen molar-refractivity contribution in [2.24, 2.45) is 0 Å². The van der Waals surface area contributed by atoms with Crippen LogP contribution in [0.25, 0.3) is 11.1 Å². The summed E-state index contributed by atoms with van der Waals surface area (Å²) in [6.45, 7) is 6.68. The molecule has 0 saturated heterocycles. The number of nitrogens with two attached hydrogens (primary N) is 2. The lowest BCUT2D eigenvalue weighted by Gasteiger charge is -2.25. The molecule has 1 aromatic heterocycles. The van der Waals surface area contributed by atoms with E-state index in [4.69, 9.17) is 11.5 Å². The van der Waals surface area contributed by atoms with Crippen LogP contribution in [0.15, 0.2) is 18.2 Å². The van der Waals surface area contributed by atoms with E-state index in [9.17, 15) is 0 Å². The molecule has 20 heavy (non-hydrogen) atoms. The zero-order valence-electron chi connectivity index (χ0n) is 12.2. The van der Waals surface area contributed by atoms with E-state index < -0.39 is 0 Å². The van der Waals surface area contributed by atoms with E-state index in [2.05, 4.69) is 48.9 Å². The molecular formula is C16H20N4. The molecular weight excluding hydrogens is 248 g/mol. The van der Waals surface area contributed by atoms with E-state index in [-0.39, 0.29) is 11.4 Å². The lowest BCUT2D eigenvalue weighted by atomic mass is 9.81. The number of nitrogen functional groups attached to an aromatic ring is 2. The van der Waals surface area contributed by atoms with E-state index in [1.807, 2.05) is 0 Å². The molecule has 2 aromatic rings. The molecule has 104 valence electrons. The third-order valence-corrected chi connectivity index (χ3v) is 3.90. The number of hydrogen-bond donors (Lipinski definition) is 2. The molecule has 1 aromatic carbocycles. The first-order chi connectivity index (χ1) is 9.36. The summed E-state index contributed by atoms with van der Waals surface area (Å²) < 4.78 is 0. The Kier molecular flexibility index (Phi) is 2.71. The predicted molar refractivity (Wildman–Crippen MR) is 82.4 cm³/mol. The molecule has 0 spiro atoms. The number of aryl methyl sites for hydroxylation is 2. The Bertz CT molecular complexity index is 684. The van der Waals surface area contributed by atoms with Crippen molar-refractivity contribution in [1.29, 1.82) is 0 Å². The van der Waals surface area contributed by atoms with Crippen LogP contribution in [-0.4, -0.2) is 9.97 Å². The molecule has 1 heterocycles. The smallest absolute Gasteiger partial charge is 0.222 e. The van der Waals surface area contributed by atoms with E-state index in [0.29, 0.717) is 5.82 Å². The summed E-state index contributed by atoms with van der Waals surface area (Å²) in [4.78, 5) is 8.43. The summed E-state index contributed by atoms with van der Waals surface area (Å²) in [5, 5.41) is 0. The maximum Gasteiger partial charge on any atom is 0.222 e. The second kappa shape index (κ2) is 4.20. The average molecular weight is 268 g/mol. The van der Waals surface area contributed by atoms with Gasteiger partial charge in [0.2, 0.25) is 5.95 Å². The number of fused-ring (bicyclic) bond motifs is 3. The van der Waals surface area contributed by atoms with Crippen LogP contribution in [0, 0.1) is 0 Å². The van der Waals surface area contributed by atoms with Crippen LogP contribution >= 0.6 is 0 Å². The van der Waals surface area contributed by atoms with Crippen molar-refractivity contribution >= 4 is 11.8 Å². The first-order valence-corrected chi connectivity index (χ1v) is 6.92. The Morgan fingerprint density at radius 2 is 1.80 bits per heavy atom. The lowest BCUT2D eigenvalue weighted by Crippen LogP contribution is -2.15. The molecule has 0 unspecified atom stereocenters. The van der Waals surface area contributed by atoms with Crippen LogP contribution < -0.4 is 11.5 Å². The number of aromatic nitrogens is 2. The van der Waals surface area contributed by atoms with E-state index in [0.717, 1.165) is 29.7 Å². The van der Waals surface area contributed by atoms with Gasteiger partial charge in [-0.3, -0.25) is 0 Å². The molecule has 0 radical (unpaired) electrons. The average Bonchev–Trinajstić information content (AvgIpc) is 2.36. The fraction of sp³-hybridized carbons (Fsp3) is 0.375. The standard InChI is InChI=1S/C16H20N4/c1-16(2,3)10-5-6-11-9(8-10)4-7-12-13(11)14(17)20-15(18)19-12/h5-6,8H,4,7H2,1-3H3,(H4,17,18,19,20). The molecule has 3 rings (SSSR count). The van der Waals surface area contributed by atoms with Crippen molar-refractivity contribution in [1.82, 2.24) is 9.97 Å². The molecule has 0 fully saturated rings. The largest absolute Gasteiger partial charge is 0.383 e. The van der Waals surface area contributed by atoms with Gasteiger partial charge in [0.05, 0.1) is 5.69 Å². The SMILES string of the molecule is CC(C)(C)c1ccc2c(c1)CCc1nc(N)nc(N)c1-2. The van der Waals surface area contributed by atoms with Gasteiger partial charge in [-0.2, -0.15) is 4.98 Å². The highest BCUT2D eigenvalue weighted by Crippen LogP contribution is 2.38. The fourth-order valence-corrected chi connectivity index (χ4v) is 2.78. The first kappa shape index (κ1) is 12.9. The minimum Gasteiger partial charge on any atom is -0.383 e. The van der Waals surface area contributed by atoms with E-state index >= 15 is 0 Å². The molecule has 1 aliphatic rings. The normalized spacial score (nSPS) is 13.8. The van der Waals surface area contributed by atoms with E-state index in [1.165, 1.54) is 11.1 Å². The summed E-state index contributed by atoms with van der Waals surface area (Å²) in [7, 11) is 0. The van der Waals surface area contributed by atoms with Crippen LogP contribution in [-0.2, 0) is 18.3 Å². The van der Waals surface area contributed by atoms with Crippen LogP contribution in [0.5, 0.6) is 0 Å². The van der Waals surface area contributed by atoms with Crippen molar-refractivity contribution in [3.63, 3.8) is 0 Å². The molecule has 0 saturated carbocycles. The number of anilines is 2. The third kappa shape index (κ3) is 2.01. The second-order valence-corrected chi connectivity index (χ2v) is 6.41. The molecule has 4 heteroatoms. The minimum absolute atomic E-state index is 0.151. The van der Waals surface area contributed by atoms with Crippen molar-refractivity contribution in [2.45, 2.75) is 39.0 Å². The Morgan fingerprint density at radius 1 is 1.05 bits per heavy atom. The summed E-state index contributed by atoms with van der Waals surface area (Å²) >= 11 is 0. The van der Waals surface area contributed by atoms with Gasteiger partial charge in [-0.1, -0.05) is 39.0 Å². The van der Waals surface area contributed by atoms with Gasteiger partial charge in [0.15, 0.2) is 0 Å². The lowest BCUT2D eigenvalue weighted by molar-refractivity contribution is 0.589. The number of hydrogen-bond acceptors (Lipinski definition) is 4. The van der Waals surface area contributed by atoms with Crippen molar-refractivity contribution in [3.05, 3.63) is 35.0 Å². The van der Waals surface area contributed by atoms with Gasteiger partial charge in [-0.05, 0) is 34.9 Å². The van der Waals surface area contributed by atoms with Gasteiger partial charge in [-0.25, -0.2) is 4.98 Å². The highest BCUT2D eigenvalue weighted by atomic mass is 15.0. The van der Waals surface area contributed by atoms with Gasteiger partial charge >= 0.3 is 0 Å². The molecule has 1 aliphatic carbocycles. The summed E-state index contributed by atoms with van der Waals surface area (Å²) in [6, 6.07) is 6.60. The Labute approximate surface area is 119 Å². The maximum atomic E-state index is 6.05. The Hall–Kier alpha value is -2.10. The third-order valence-electron chi connectivity index (χ3n) is 3.90. The zero-order chi connectivity index (χ0) is 14.5. The number of rotatable bonds is 0. The van der Waals surface area contributed by atoms with Crippen LogP contribution in [0.3, 0.4) is 0 Å². The molecule has 0 atom stereocenters. The van der Waals surface area contributed by atoms with Crippen LogP contribution in [0.2, 0.25) is 0 Å².